The van der Waals surface area contributed by atoms with Gasteiger partial charge in [0.15, 0.2) is 0 Å². The van der Waals surface area contributed by atoms with Crippen LogP contribution < -0.4 is 5.32 Å². The molecule has 1 unspecified atom stereocenters. The number of halogens is 1. The smallest absolute Gasteiger partial charge is 0.248 e. The highest BCUT2D eigenvalue weighted by Crippen LogP contribution is 2.06. The average molecular weight is 266 g/mol. The van der Waals surface area contributed by atoms with E-state index in [4.69, 9.17) is 4.74 Å². The lowest BCUT2D eigenvalue weighted by Gasteiger charge is -2.15. The van der Waals surface area contributed by atoms with Gasteiger partial charge in [-0.25, -0.2) is 0 Å². The maximum Gasteiger partial charge on any atom is 0.248 e. The molecule has 1 atom stereocenters. The van der Waals surface area contributed by atoms with Crippen molar-refractivity contribution in [1.29, 1.82) is 0 Å². The van der Waals surface area contributed by atoms with Gasteiger partial charge in [0.25, 0.3) is 0 Å². The first-order valence-corrected chi connectivity index (χ1v) is 6.27. The van der Waals surface area contributed by atoms with Crippen LogP contribution in [0.15, 0.2) is 0 Å². The summed E-state index contributed by atoms with van der Waals surface area (Å²) in [6, 6.07) is 0. The number of hydrogen-bond donors (Lipinski definition) is 1. The molecule has 0 aliphatic carbocycles. The lowest BCUT2D eigenvalue weighted by Crippen LogP contribution is -2.34. The van der Waals surface area contributed by atoms with E-state index in [1.165, 1.54) is 0 Å². The highest BCUT2D eigenvalue weighted by molar-refractivity contribution is 9.09. The molecule has 0 rings (SSSR count). The second-order valence-corrected chi connectivity index (χ2v) is 3.95. The van der Waals surface area contributed by atoms with Gasteiger partial charge in [-0.3, -0.25) is 4.79 Å². The van der Waals surface area contributed by atoms with E-state index < -0.39 is 0 Å². The van der Waals surface area contributed by atoms with Gasteiger partial charge in [-0.2, -0.15) is 0 Å². The summed E-state index contributed by atoms with van der Waals surface area (Å²) in [6.45, 7) is 2.76. The molecular formula is C10H20BrNO2. The van der Waals surface area contributed by atoms with Crippen molar-refractivity contribution in [2.24, 2.45) is 0 Å². The third-order valence-corrected chi connectivity index (χ3v) is 2.52. The molecule has 0 bridgehead atoms. The standard InChI is InChI=1S/C10H20BrNO2/c1-3-4-6-9(10(13)12-2)14-8-5-7-11/h9H,3-8H2,1-2H3,(H,12,13). The third kappa shape index (κ3) is 6.38. The van der Waals surface area contributed by atoms with E-state index >= 15 is 0 Å². The van der Waals surface area contributed by atoms with Crippen LogP contribution in [0.5, 0.6) is 0 Å². The summed E-state index contributed by atoms with van der Waals surface area (Å²) in [7, 11) is 1.65. The molecule has 84 valence electrons. The van der Waals surface area contributed by atoms with Crippen molar-refractivity contribution in [3.63, 3.8) is 0 Å². The average Bonchev–Trinajstić information content (AvgIpc) is 2.22. The van der Waals surface area contributed by atoms with Gasteiger partial charge < -0.3 is 10.1 Å². The summed E-state index contributed by atoms with van der Waals surface area (Å²) in [5.41, 5.74) is 0. The fraction of sp³-hybridized carbons (Fsp3) is 0.900. The van der Waals surface area contributed by atoms with Crippen LogP contribution in [0.4, 0.5) is 0 Å². The summed E-state index contributed by atoms with van der Waals surface area (Å²) in [4.78, 5) is 11.4. The molecular weight excluding hydrogens is 246 g/mol. The zero-order valence-corrected chi connectivity index (χ0v) is 10.6. The molecule has 0 aromatic rings. The van der Waals surface area contributed by atoms with Crippen LogP contribution in [0.25, 0.3) is 0 Å². The van der Waals surface area contributed by atoms with Crippen LogP contribution in [-0.2, 0) is 9.53 Å². The Morgan fingerprint density at radius 3 is 2.71 bits per heavy atom. The first-order valence-electron chi connectivity index (χ1n) is 5.15. The van der Waals surface area contributed by atoms with Crippen molar-refractivity contribution in [3.8, 4) is 0 Å². The van der Waals surface area contributed by atoms with Gasteiger partial charge in [0.05, 0.1) is 0 Å². The highest BCUT2D eigenvalue weighted by Gasteiger charge is 2.16. The molecule has 1 amide bonds. The minimum absolute atomic E-state index is 0.00646. The van der Waals surface area contributed by atoms with Gasteiger partial charge in [-0.1, -0.05) is 35.7 Å². The minimum atomic E-state index is -0.265. The molecule has 0 heterocycles. The second kappa shape index (κ2) is 9.46. The van der Waals surface area contributed by atoms with Crippen LogP contribution in [0.2, 0.25) is 0 Å². The van der Waals surface area contributed by atoms with Gasteiger partial charge in [-0.15, -0.1) is 0 Å². The summed E-state index contributed by atoms with van der Waals surface area (Å²) in [6.07, 6.45) is 3.62. The Labute approximate surface area is 94.7 Å². The number of hydrogen-bond acceptors (Lipinski definition) is 2. The molecule has 0 aromatic carbocycles. The Balaban J connectivity index is 3.78. The number of carbonyl (C=O) groups is 1. The maximum absolute atomic E-state index is 11.4. The molecule has 0 spiro atoms. The van der Waals surface area contributed by atoms with Crippen LogP contribution in [0, 0.1) is 0 Å². The Bertz CT molecular complexity index is 153. The molecule has 0 saturated carbocycles. The Morgan fingerprint density at radius 1 is 1.50 bits per heavy atom. The molecule has 1 N–H and O–H groups in total. The highest BCUT2D eigenvalue weighted by atomic mass is 79.9. The summed E-state index contributed by atoms with van der Waals surface area (Å²) in [5, 5.41) is 3.54. The molecule has 3 nitrogen and oxygen atoms in total. The Hall–Kier alpha value is -0.0900. The van der Waals surface area contributed by atoms with Gasteiger partial charge in [0.2, 0.25) is 5.91 Å². The minimum Gasteiger partial charge on any atom is -0.368 e. The zero-order chi connectivity index (χ0) is 10.8. The van der Waals surface area contributed by atoms with Crippen LogP contribution in [0.1, 0.15) is 32.6 Å². The van der Waals surface area contributed by atoms with Gasteiger partial charge in [0, 0.05) is 19.0 Å². The van der Waals surface area contributed by atoms with E-state index in [1.54, 1.807) is 7.05 Å². The molecule has 0 aliphatic heterocycles. The number of rotatable bonds is 8. The third-order valence-electron chi connectivity index (χ3n) is 1.96. The number of ether oxygens (including phenoxy) is 1. The van der Waals surface area contributed by atoms with Gasteiger partial charge >= 0.3 is 0 Å². The number of carbonyl (C=O) groups excluding carboxylic acids is 1. The van der Waals surface area contributed by atoms with Gasteiger partial charge in [0.1, 0.15) is 6.10 Å². The first kappa shape index (κ1) is 13.9. The number of likely N-dealkylation sites (N-methyl/N-ethyl adjacent to an activating group) is 1. The predicted molar refractivity (Wildman–Crippen MR) is 61.7 cm³/mol. The number of alkyl halides is 1. The molecule has 0 fully saturated rings. The maximum atomic E-state index is 11.4. The zero-order valence-electron chi connectivity index (χ0n) is 9.01. The molecule has 4 heteroatoms. The van der Waals surface area contributed by atoms with Crippen molar-refractivity contribution in [1.82, 2.24) is 5.32 Å². The van der Waals surface area contributed by atoms with Crippen LogP contribution in [0.3, 0.4) is 0 Å². The molecule has 0 aliphatic rings. The van der Waals surface area contributed by atoms with E-state index in [1.807, 2.05) is 0 Å². The SMILES string of the molecule is CCCCC(OCCCBr)C(=O)NC. The quantitative estimate of drug-likeness (QED) is 0.539. The number of unbranched alkanes of at least 4 members (excludes halogenated alkanes) is 1. The monoisotopic (exact) mass is 265 g/mol. The van der Waals surface area contributed by atoms with E-state index in [9.17, 15) is 4.79 Å². The van der Waals surface area contributed by atoms with Crippen LogP contribution in [-0.4, -0.2) is 31.0 Å². The van der Waals surface area contributed by atoms with Crippen molar-refractivity contribution in [2.75, 3.05) is 19.0 Å². The van der Waals surface area contributed by atoms with Crippen molar-refractivity contribution in [3.05, 3.63) is 0 Å². The van der Waals surface area contributed by atoms with Gasteiger partial charge in [-0.05, 0) is 12.8 Å². The molecule has 0 radical (unpaired) electrons. The fourth-order valence-electron chi connectivity index (χ4n) is 1.12. The summed E-state index contributed by atoms with van der Waals surface area (Å²) in [5.74, 6) is -0.00646. The van der Waals surface area contributed by atoms with E-state index in [-0.39, 0.29) is 12.0 Å². The van der Waals surface area contributed by atoms with Crippen molar-refractivity contribution >= 4 is 21.8 Å². The first-order chi connectivity index (χ1) is 6.76. The number of nitrogens with one attached hydrogen (secondary N) is 1. The molecule has 14 heavy (non-hydrogen) atoms. The predicted octanol–water partition coefficient (Wildman–Crippen LogP) is 2.09. The number of amides is 1. The topological polar surface area (TPSA) is 38.3 Å². The normalized spacial score (nSPS) is 12.5. The largest absolute Gasteiger partial charge is 0.368 e. The van der Waals surface area contributed by atoms with Crippen molar-refractivity contribution in [2.45, 2.75) is 38.7 Å². The fourth-order valence-corrected chi connectivity index (χ4v) is 1.35. The van der Waals surface area contributed by atoms with E-state index in [2.05, 4.69) is 28.2 Å². The lowest BCUT2D eigenvalue weighted by atomic mass is 10.1. The van der Waals surface area contributed by atoms with Crippen LogP contribution >= 0.6 is 15.9 Å². The summed E-state index contributed by atoms with van der Waals surface area (Å²) >= 11 is 3.33. The Kier molecular flexibility index (Phi) is 9.40. The summed E-state index contributed by atoms with van der Waals surface area (Å²) < 4.78 is 5.50. The van der Waals surface area contributed by atoms with Crippen molar-refractivity contribution < 1.29 is 9.53 Å². The van der Waals surface area contributed by atoms with E-state index in [0.29, 0.717) is 6.61 Å². The second-order valence-electron chi connectivity index (χ2n) is 3.16. The molecule has 0 aromatic heterocycles. The lowest BCUT2D eigenvalue weighted by molar-refractivity contribution is -0.132. The van der Waals surface area contributed by atoms with E-state index in [0.717, 1.165) is 31.0 Å². The molecule has 0 saturated heterocycles. The Morgan fingerprint density at radius 2 is 2.21 bits per heavy atom.